The Kier molecular flexibility index (Phi) is 4.00. The van der Waals surface area contributed by atoms with Crippen molar-refractivity contribution in [1.29, 1.82) is 0 Å². The molecule has 2 aromatic heterocycles. The maximum Gasteiger partial charge on any atom is 0.216 e. The van der Waals surface area contributed by atoms with E-state index in [1.165, 1.54) is 0 Å². The Morgan fingerprint density at radius 3 is 2.70 bits per heavy atom. The van der Waals surface area contributed by atoms with Gasteiger partial charge in [-0.15, -0.1) is 0 Å². The van der Waals surface area contributed by atoms with Crippen LogP contribution in [0.2, 0.25) is 0 Å². The minimum Gasteiger partial charge on any atom is -0.444 e. The molecule has 5 heteroatoms. The van der Waals surface area contributed by atoms with Crippen molar-refractivity contribution in [1.82, 2.24) is 15.2 Å². The Balaban J connectivity index is 1.76. The van der Waals surface area contributed by atoms with Gasteiger partial charge in [-0.3, -0.25) is 5.10 Å². The van der Waals surface area contributed by atoms with Crippen molar-refractivity contribution in [3.8, 4) is 23.4 Å². The number of aromatic nitrogens is 3. The molecule has 0 fully saturated rings. The minimum atomic E-state index is -1.06. The van der Waals surface area contributed by atoms with E-state index in [2.05, 4.69) is 27.0 Å². The Morgan fingerprint density at radius 2 is 1.96 bits per heavy atom. The maximum absolute atomic E-state index is 9.60. The molecule has 23 heavy (non-hydrogen) atoms. The summed E-state index contributed by atoms with van der Waals surface area (Å²) in [6.45, 7) is 3.24. The van der Waals surface area contributed by atoms with Crippen molar-refractivity contribution in [3.63, 3.8) is 0 Å². The first-order chi connectivity index (χ1) is 11.0. The molecule has 0 saturated carbocycles. The molecule has 2 N–H and O–H groups in total. The van der Waals surface area contributed by atoms with Gasteiger partial charge in [-0.25, -0.2) is 4.98 Å². The molecule has 2 heterocycles. The summed E-state index contributed by atoms with van der Waals surface area (Å²) in [6.07, 6.45) is 0.680. The van der Waals surface area contributed by atoms with Gasteiger partial charge < -0.3 is 9.52 Å². The van der Waals surface area contributed by atoms with E-state index < -0.39 is 5.60 Å². The summed E-state index contributed by atoms with van der Waals surface area (Å²) in [4.78, 5) is 4.44. The van der Waals surface area contributed by atoms with Gasteiger partial charge in [0.25, 0.3) is 0 Å². The zero-order valence-electron chi connectivity index (χ0n) is 13.0. The van der Waals surface area contributed by atoms with Crippen LogP contribution in [0.4, 0.5) is 0 Å². The van der Waals surface area contributed by atoms with E-state index in [1.807, 2.05) is 30.3 Å². The number of H-pyrrole nitrogens is 1. The molecule has 0 spiro atoms. The number of hydrogen-bond donors (Lipinski definition) is 2. The van der Waals surface area contributed by atoms with Crippen LogP contribution in [0.5, 0.6) is 0 Å². The van der Waals surface area contributed by atoms with Gasteiger partial charge in [0.05, 0.1) is 0 Å². The predicted molar refractivity (Wildman–Crippen MR) is 86.5 cm³/mol. The first-order valence-electron chi connectivity index (χ1n) is 7.30. The van der Waals surface area contributed by atoms with Crippen molar-refractivity contribution in [2.24, 2.45) is 0 Å². The molecule has 0 aliphatic carbocycles. The second-order valence-electron chi connectivity index (χ2n) is 5.74. The quantitative estimate of drug-likeness (QED) is 0.730. The molecular weight excluding hydrogens is 290 g/mol. The second kappa shape index (κ2) is 6.11. The van der Waals surface area contributed by atoms with E-state index in [0.717, 1.165) is 11.4 Å². The van der Waals surface area contributed by atoms with Crippen LogP contribution in [0.25, 0.3) is 11.6 Å². The van der Waals surface area contributed by atoms with Crippen LogP contribution in [0, 0.1) is 11.8 Å². The van der Waals surface area contributed by atoms with Gasteiger partial charge >= 0.3 is 0 Å². The SMILES string of the molecule is CC(C)(O)C#Cc1ccc(-c2n[nH]c(Cc3ccccc3)n2)o1. The van der Waals surface area contributed by atoms with Crippen LogP contribution in [0.15, 0.2) is 46.9 Å². The number of aliphatic hydroxyl groups is 1. The molecule has 0 bridgehead atoms. The van der Waals surface area contributed by atoms with Crippen molar-refractivity contribution < 1.29 is 9.52 Å². The van der Waals surface area contributed by atoms with Gasteiger partial charge in [0, 0.05) is 6.42 Å². The first-order valence-corrected chi connectivity index (χ1v) is 7.30. The fourth-order valence-electron chi connectivity index (χ4n) is 2.01. The number of benzene rings is 1. The molecule has 0 amide bonds. The lowest BCUT2D eigenvalue weighted by molar-refractivity contribution is 0.143. The van der Waals surface area contributed by atoms with E-state index in [9.17, 15) is 5.11 Å². The van der Waals surface area contributed by atoms with Crippen molar-refractivity contribution in [3.05, 3.63) is 59.6 Å². The number of rotatable bonds is 3. The van der Waals surface area contributed by atoms with Crippen molar-refractivity contribution in [2.75, 3.05) is 0 Å². The lowest BCUT2D eigenvalue weighted by Gasteiger charge is -2.05. The first kappa shape index (κ1) is 15.1. The fourth-order valence-corrected chi connectivity index (χ4v) is 2.01. The monoisotopic (exact) mass is 307 g/mol. The Bertz CT molecular complexity index is 846. The zero-order chi connectivity index (χ0) is 16.3. The molecule has 116 valence electrons. The maximum atomic E-state index is 9.60. The molecule has 0 atom stereocenters. The average Bonchev–Trinajstić information content (AvgIpc) is 3.14. The highest BCUT2D eigenvalue weighted by Gasteiger charge is 2.11. The smallest absolute Gasteiger partial charge is 0.216 e. The zero-order valence-corrected chi connectivity index (χ0v) is 13.0. The highest BCUT2D eigenvalue weighted by atomic mass is 16.3. The van der Waals surface area contributed by atoms with E-state index in [0.29, 0.717) is 23.8 Å². The molecular formula is C18H17N3O2. The van der Waals surface area contributed by atoms with Gasteiger partial charge in [-0.05, 0) is 37.5 Å². The van der Waals surface area contributed by atoms with E-state index in [4.69, 9.17) is 4.42 Å². The molecule has 5 nitrogen and oxygen atoms in total. The molecule has 0 saturated heterocycles. The predicted octanol–water partition coefficient (Wildman–Crippen LogP) is 2.78. The van der Waals surface area contributed by atoms with Crippen molar-refractivity contribution in [2.45, 2.75) is 25.9 Å². The van der Waals surface area contributed by atoms with E-state index >= 15 is 0 Å². The Morgan fingerprint density at radius 1 is 1.17 bits per heavy atom. The number of furan rings is 1. The van der Waals surface area contributed by atoms with Crippen LogP contribution in [0.3, 0.4) is 0 Å². The van der Waals surface area contributed by atoms with Gasteiger partial charge in [0.15, 0.2) is 11.5 Å². The summed E-state index contributed by atoms with van der Waals surface area (Å²) >= 11 is 0. The third-order valence-electron chi connectivity index (χ3n) is 3.06. The van der Waals surface area contributed by atoms with Gasteiger partial charge in [0.2, 0.25) is 5.82 Å². The summed E-state index contributed by atoms with van der Waals surface area (Å²) in [6, 6.07) is 13.6. The fraction of sp³-hybridized carbons (Fsp3) is 0.222. The van der Waals surface area contributed by atoms with Crippen LogP contribution in [0.1, 0.15) is 31.0 Å². The molecule has 0 aliphatic rings. The topological polar surface area (TPSA) is 74.9 Å². The number of nitrogens with one attached hydrogen (secondary N) is 1. The minimum absolute atomic E-state index is 0.469. The molecule has 0 aliphatic heterocycles. The molecule has 1 aromatic carbocycles. The van der Waals surface area contributed by atoms with Crippen LogP contribution in [-0.2, 0) is 6.42 Å². The molecule has 3 aromatic rings. The third kappa shape index (κ3) is 4.09. The summed E-state index contributed by atoms with van der Waals surface area (Å²) in [7, 11) is 0. The summed E-state index contributed by atoms with van der Waals surface area (Å²) < 4.78 is 5.60. The normalized spacial score (nSPS) is 11.1. The van der Waals surface area contributed by atoms with Gasteiger partial charge in [-0.2, -0.15) is 5.10 Å². The standard InChI is InChI=1S/C18H17N3O2/c1-18(2,22)11-10-14-8-9-15(23-14)17-19-16(20-21-17)12-13-6-4-3-5-7-13/h3-9,22H,12H2,1-2H3,(H,19,20,21). The summed E-state index contributed by atoms with van der Waals surface area (Å²) in [5.41, 5.74) is 0.104. The highest BCUT2D eigenvalue weighted by molar-refractivity contribution is 5.48. The van der Waals surface area contributed by atoms with Crippen molar-refractivity contribution >= 4 is 0 Å². The highest BCUT2D eigenvalue weighted by Crippen LogP contribution is 2.18. The average molecular weight is 307 g/mol. The van der Waals surface area contributed by atoms with Crippen LogP contribution in [-0.4, -0.2) is 25.9 Å². The number of hydrogen-bond acceptors (Lipinski definition) is 4. The largest absolute Gasteiger partial charge is 0.444 e. The van der Waals surface area contributed by atoms with Gasteiger partial charge in [0.1, 0.15) is 11.4 Å². The Hall–Kier alpha value is -2.84. The third-order valence-corrected chi connectivity index (χ3v) is 3.06. The summed E-state index contributed by atoms with van der Waals surface area (Å²) in [5, 5.41) is 16.7. The molecule has 3 rings (SSSR count). The molecule has 0 unspecified atom stereocenters. The number of nitrogens with zero attached hydrogens (tertiary/aromatic N) is 2. The molecule has 0 radical (unpaired) electrons. The lowest BCUT2D eigenvalue weighted by atomic mass is 10.1. The Labute approximate surface area is 134 Å². The summed E-state index contributed by atoms with van der Waals surface area (Å²) in [5.74, 6) is 7.77. The van der Waals surface area contributed by atoms with Gasteiger partial charge in [-0.1, -0.05) is 36.3 Å². The number of aromatic amines is 1. The van der Waals surface area contributed by atoms with E-state index in [-0.39, 0.29) is 0 Å². The lowest BCUT2D eigenvalue weighted by Crippen LogP contribution is -2.14. The van der Waals surface area contributed by atoms with Crippen LogP contribution >= 0.6 is 0 Å². The second-order valence-corrected chi connectivity index (χ2v) is 5.74. The van der Waals surface area contributed by atoms with Crippen LogP contribution < -0.4 is 0 Å². The van der Waals surface area contributed by atoms with E-state index in [1.54, 1.807) is 26.0 Å².